The van der Waals surface area contributed by atoms with Crippen LogP contribution in [0.2, 0.25) is 0 Å². The largest absolute Gasteiger partial charge is 0.485 e. The van der Waals surface area contributed by atoms with Crippen LogP contribution in [0.15, 0.2) is 42.6 Å². The van der Waals surface area contributed by atoms with Gasteiger partial charge < -0.3 is 9.47 Å². The highest BCUT2D eigenvalue weighted by Crippen LogP contribution is 2.61. The molecule has 1 fully saturated rings. The second kappa shape index (κ2) is 3.84. The molecule has 0 spiro atoms. The van der Waals surface area contributed by atoms with Crippen LogP contribution in [0.5, 0.6) is 5.75 Å². The minimum absolute atomic E-state index is 0.0960. The van der Waals surface area contributed by atoms with Crippen LogP contribution < -0.4 is 4.74 Å². The number of hydrogen-bond acceptors (Lipinski definition) is 4. The summed E-state index contributed by atoms with van der Waals surface area (Å²) < 4.78 is 12.2. The van der Waals surface area contributed by atoms with Gasteiger partial charge in [0.1, 0.15) is 17.5 Å². The van der Waals surface area contributed by atoms with E-state index in [-0.39, 0.29) is 6.10 Å². The number of ether oxygens (including phenoxy) is 2. The van der Waals surface area contributed by atoms with Gasteiger partial charge in [-0.3, -0.25) is 4.98 Å². The van der Waals surface area contributed by atoms with E-state index in [0.29, 0.717) is 5.56 Å². The summed E-state index contributed by atoms with van der Waals surface area (Å²) in [6.45, 7) is 4.03. The molecule has 0 saturated carbocycles. The average Bonchev–Trinajstić information content (AvgIpc) is 3.26. The van der Waals surface area contributed by atoms with Crippen LogP contribution in [0.25, 0.3) is 0 Å². The summed E-state index contributed by atoms with van der Waals surface area (Å²) in [5.41, 5.74) is 1.33. The normalized spacial score (nSPS) is 27.8. The molecule has 4 rings (SSSR count). The number of aromatic nitrogens is 1. The second-order valence-corrected chi connectivity index (χ2v) is 5.98. The van der Waals surface area contributed by atoms with Gasteiger partial charge in [0.05, 0.1) is 17.3 Å². The van der Waals surface area contributed by atoms with E-state index >= 15 is 0 Å². The van der Waals surface area contributed by atoms with Crippen molar-refractivity contribution in [2.75, 3.05) is 0 Å². The number of nitriles is 1. The Morgan fingerprint density at radius 1 is 1.24 bits per heavy atom. The highest BCUT2D eigenvalue weighted by Gasteiger charge is 2.70. The van der Waals surface area contributed by atoms with Gasteiger partial charge in [-0.05, 0) is 44.2 Å². The van der Waals surface area contributed by atoms with Gasteiger partial charge in [-0.1, -0.05) is 6.07 Å². The number of pyridine rings is 1. The molecule has 21 heavy (non-hydrogen) atoms. The van der Waals surface area contributed by atoms with Crippen molar-refractivity contribution < 1.29 is 9.47 Å². The third-order valence-electron chi connectivity index (χ3n) is 4.17. The molecule has 0 amide bonds. The van der Waals surface area contributed by atoms with E-state index < -0.39 is 11.2 Å². The fourth-order valence-electron chi connectivity index (χ4n) is 3.22. The quantitative estimate of drug-likeness (QED) is 0.753. The Labute approximate surface area is 123 Å². The minimum atomic E-state index is -0.592. The molecule has 1 aromatic carbocycles. The average molecular weight is 278 g/mol. The molecular weight excluding hydrogens is 264 g/mol. The lowest BCUT2D eigenvalue weighted by molar-refractivity contribution is 0.0715. The van der Waals surface area contributed by atoms with E-state index in [1.807, 2.05) is 44.2 Å². The lowest BCUT2D eigenvalue weighted by atomic mass is 9.81. The fourth-order valence-corrected chi connectivity index (χ4v) is 3.22. The van der Waals surface area contributed by atoms with Gasteiger partial charge in [0.25, 0.3) is 0 Å². The number of hydrogen-bond donors (Lipinski definition) is 0. The summed E-state index contributed by atoms with van der Waals surface area (Å²) in [5.74, 6) is 0.762. The predicted molar refractivity (Wildman–Crippen MR) is 75.8 cm³/mol. The van der Waals surface area contributed by atoms with Gasteiger partial charge in [0.15, 0.2) is 5.60 Å². The van der Waals surface area contributed by atoms with Crippen molar-refractivity contribution in [2.45, 2.75) is 31.2 Å². The predicted octanol–water partition coefficient (Wildman–Crippen LogP) is 2.77. The van der Waals surface area contributed by atoms with Gasteiger partial charge in [0.2, 0.25) is 0 Å². The highest BCUT2D eigenvalue weighted by atomic mass is 16.7. The maximum absolute atomic E-state index is 9.15. The van der Waals surface area contributed by atoms with Crippen molar-refractivity contribution in [2.24, 2.45) is 0 Å². The number of benzene rings is 1. The van der Waals surface area contributed by atoms with Gasteiger partial charge in [-0.15, -0.1) is 0 Å². The molecule has 2 aliphatic heterocycles. The van der Waals surface area contributed by atoms with E-state index in [9.17, 15) is 0 Å². The zero-order chi connectivity index (χ0) is 14.7. The summed E-state index contributed by atoms with van der Waals surface area (Å²) in [5, 5.41) is 9.15. The Morgan fingerprint density at radius 3 is 2.81 bits per heavy atom. The summed E-state index contributed by atoms with van der Waals surface area (Å²) in [6.07, 6.45) is 1.67. The number of rotatable bonds is 1. The number of fused-ring (bicyclic) bond motifs is 3. The molecular formula is C17H14N2O2. The van der Waals surface area contributed by atoms with Gasteiger partial charge in [0, 0.05) is 11.8 Å². The first-order valence-electron chi connectivity index (χ1n) is 6.91. The molecule has 3 heterocycles. The minimum Gasteiger partial charge on any atom is -0.485 e. The first kappa shape index (κ1) is 12.4. The summed E-state index contributed by atoms with van der Waals surface area (Å²) >= 11 is 0. The monoisotopic (exact) mass is 278 g/mol. The maximum Gasteiger partial charge on any atom is 0.169 e. The molecule has 2 atom stereocenters. The fraction of sp³-hybridized carbons (Fsp3) is 0.294. The van der Waals surface area contributed by atoms with Gasteiger partial charge in [-0.25, -0.2) is 0 Å². The standard InChI is InChI=1S/C17H14N2O2/c1-16(2)15-17(21-15,14-5-3-4-8-19-14)12-9-11(10-18)6-7-13(12)20-16/h3-9,15H,1-2H3. The van der Waals surface area contributed by atoms with Crippen LogP contribution in [-0.4, -0.2) is 16.7 Å². The summed E-state index contributed by atoms with van der Waals surface area (Å²) in [4.78, 5) is 4.47. The van der Waals surface area contributed by atoms with E-state index in [4.69, 9.17) is 14.7 Å². The molecule has 4 nitrogen and oxygen atoms in total. The molecule has 1 aromatic heterocycles. The molecule has 104 valence electrons. The van der Waals surface area contributed by atoms with Crippen molar-refractivity contribution in [1.82, 2.24) is 4.98 Å². The Kier molecular flexibility index (Phi) is 2.26. The highest BCUT2D eigenvalue weighted by molar-refractivity contribution is 5.55. The van der Waals surface area contributed by atoms with Crippen LogP contribution >= 0.6 is 0 Å². The molecule has 0 radical (unpaired) electrons. The Bertz CT molecular complexity index is 764. The van der Waals surface area contributed by atoms with Crippen molar-refractivity contribution in [3.63, 3.8) is 0 Å². The van der Waals surface area contributed by atoms with Crippen molar-refractivity contribution in [3.05, 3.63) is 59.4 Å². The molecule has 0 N–H and O–H groups in total. The second-order valence-electron chi connectivity index (χ2n) is 5.98. The molecule has 2 unspecified atom stereocenters. The van der Waals surface area contributed by atoms with Crippen LogP contribution in [0.4, 0.5) is 0 Å². The van der Waals surface area contributed by atoms with Crippen molar-refractivity contribution in [1.29, 1.82) is 5.26 Å². The lowest BCUT2D eigenvalue weighted by Crippen LogP contribution is -2.43. The van der Waals surface area contributed by atoms with E-state index in [0.717, 1.165) is 17.0 Å². The molecule has 2 aromatic rings. The van der Waals surface area contributed by atoms with Crippen LogP contribution in [0, 0.1) is 11.3 Å². The Balaban J connectivity index is 1.97. The lowest BCUT2D eigenvalue weighted by Gasteiger charge is -2.33. The van der Waals surface area contributed by atoms with E-state index in [2.05, 4.69) is 11.1 Å². The van der Waals surface area contributed by atoms with E-state index in [1.165, 1.54) is 0 Å². The topological polar surface area (TPSA) is 58.4 Å². The van der Waals surface area contributed by atoms with Gasteiger partial charge in [-0.2, -0.15) is 5.26 Å². The number of nitrogens with zero attached hydrogens (tertiary/aromatic N) is 2. The molecule has 4 heteroatoms. The maximum atomic E-state index is 9.15. The molecule has 2 aliphatic rings. The summed E-state index contributed by atoms with van der Waals surface area (Å²) in [7, 11) is 0. The summed E-state index contributed by atoms with van der Waals surface area (Å²) in [6, 6.07) is 13.4. The first-order valence-corrected chi connectivity index (χ1v) is 6.91. The van der Waals surface area contributed by atoms with Crippen LogP contribution in [-0.2, 0) is 10.3 Å². The molecule has 0 bridgehead atoms. The van der Waals surface area contributed by atoms with Crippen LogP contribution in [0.1, 0.15) is 30.7 Å². The van der Waals surface area contributed by atoms with Crippen molar-refractivity contribution in [3.8, 4) is 11.8 Å². The Hall–Kier alpha value is -2.38. The third-order valence-corrected chi connectivity index (χ3v) is 4.17. The SMILES string of the molecule is CC1(C)Oc2ccc(C#N)cc2C2(c3ccccn3)OC12. The third kappa shape index (κ3) is 1.55. The first-order chi connectivity index (χ1) is 10.1. The zero-order valence-electron chi connectivity index (χ0n) is 11.8. The molecule has 1 saturated heterocycles. The van der Waals surface area contributed by atoms with Crippen LogP contribution in [0.3, 0.4) is 0 Å². The molecule has 0 aliphatic carbocycles. The Morgan fingerprint density at radius 2 is 2.10 bits per heavy atom. The smallest absolute Gasteiger partial charge is 0.169 e. The number of epoxide rings is 1. The zero-order valence-corrected chi connectivity index (χ0v) is 11.8. The van der Waals surface area contributed by atoms with Gasteiger partial charge >= 0.3 is 0 Å². The van der Waals surface area contributed by atoms with Crippen molar-refractivity contribution >= 4 is 0 Å². The van der Waals surface area contributed by atoms with E-state index in [1.54, 1.807) is 12.3 Å².